The number of halogens is 1. The molecule has 0 radical (unpaired) electrons. The fourth-order valence-corrected chi connectivity index (χ4v) is 2.35. The first kappa shape index (κ1) is 12.8. The molecule has 1 aliphatic heterocycles. The van der Waals surface area contributed by atoms with Crippen molar-refractivity contribution in [3.8, 4) is 6.07 Å². The predicted molar refractivity (Wildman–Crippen MR) is 68.3 cm³/mol. The van der Waals surface area contributed by atoms with Gasteiger partial charge in [-0.15, -0.1) is 11.6 Å². The molecule has 1 saturated heterocycles. The largest absolute Gasteiger partial charge is 0.337 e. The molecule has 0 bridgehead atoms. The van der Waals surface area contributed by atoms with E-state index >= 15 is 0 Å². The van der Waals surface area contributed by atoms with Crippen LogP contribution in [-0.4, -0.2) is 34.8 Å². The highest BCUT2D eigenvalue weighted by Gasteiger charge is 2.23. The van der Waals surface area contributed by atoms with Crippen molar-refractivity contribution in [3.63, 3.8) is 0 Å². The van der Waals surface area contributed by atoms with Crippen molar-refractivity contribution in [1.29, 1.82) is 5.26 Å². The zero-order chi connectivity index (χ0) is 13.0. The van der Waals surface area contributed by atoms with E-state index in [-0.39, 0.29) is 5.91 Å². The molecule has 0 atom stereocenters. The van der Waals surface area contributed by atoms with E-state index in [0.717, 1.165) is 25.9 Å². The highest BCUT2D eigenvalue weighted by Crippen LogP contribution is 2.19. The van der Waals surface area contributed by atoms with Crippen molar-refractivity contribution in [2.45, 2.75) is 12.8 Å². The number of carbonyl (C=O) groups is 1. The van der Waals surface area contributed by atoms with E-state index in [4.69, 9.17) is 16.9 Å². The Balaban J connectivity index is 2.01. The zero-order valence-electron chi connectivity index (χ0n) is 9.97. The van der Waals surface area contributed by atoms with Gasteiger partial charge in [-0.1, -0.05) is 0 Å². The minimum absolute atomic E-state index is 0.0625. The molecule has 0 spiro atoms. The number of pyridine rings is 1. The van der Waals surface area contributed by atoms with Crippen LogP contribution in [0.4, 0.5) is 0 Å². The number of carbonyl (C=O) groups excluding carboxylic acids is 1. The van der Waals surface area contributed by atoms with E-state index in [1.165, 1.54) is 6.20 Å². The topological polar surface area (TPSA) is 57.0 Å². The molecular formula is C13H14ClN3O. The molecule has 2 rings (SSSR count). The summed E-state index contributed by atoms with van der Waals surface area (Å²) in [6.45, 7) is 1.47. The molecule has 5 heteroatoms. The van der Waals surface area contributed by atoms with Crippen LogP contribution in [0.5, 0.6) is 0 Å². The summed E-state index contributed by atoms with van der Waals surface area (Å²) < 4.78 is 0. The molecule has 1 amide bonds. The standard InChI is InChI=1S/C13H14ClN3O/c14-7-10-3-5-17(6-4-10)13(18)12-2-1-11(8-15)9-16-12/h1-2,9-10H,3-7H2. The average molecular weight is 264 g/mol. The maximum atomic E-state index is 12.1. The van der Waals surface area contributed by atoms with Gasteiger partial charge >= 0.3 is 0 Å². The Bertz CT molecular complexity index is 458. The van der Waals surface area contributed by atoms with Crippen molar-refractivity contribution >= 4 is 17.5 Å². The SMILES string of the molecule is N#Cc1ccc(C(=O)N2CCC(CCl)CC2)nc1. The predicted octanol–water partition coefficient (Wildman–Crippen LogP) is 2.04. The van der Waals surface area contributed by atoms with Crippen LogP contribution in [0.3, 0.4) is 0 Å². The number of hydrogen-bond acceptors (Lipinski definition) is 3. The number of hydrogen-bond donors (Lipinski definition) is 0. The van der Waals surface area contributed by atoms with Gasteiger partial charge in [-0.05, 0) is 30.9 Å². The molecular weight excluding hydrogens is 250 g/mol. The third-order valence-corrected chi connectivity index (χ3v) is 3.67. The Labute approximate surface area is 111 Å². The van der Waals surface area contributed by atoms with E-state index in [1.54, 1.807) is 17.0 Å². The fraction of sp³-hybridized carbons (Fsp3) is 0.462. The van der Waals surface area contributed by atoms with Gasteiger partial charge in [0.25, 0.3) is 5.91 Å². The Morgan fingerprint density at radius 3 is 2.72 bits per heavy atom. The van der Waals surface area contributed by atoms with E-state index in [2.05, 4.69) is 4.98 Å². The number of amides is 1. The van der Waals surface area contributed by atoms with Crippen molar-refractivity contribution in [1.82, 2.24) is 9.88 Å². The Morgan fingerprint density at radius 2 is 2.22 bits per heavy atom. The van der Waals surface area contributed by atoms with Gasteiger partial charge in [-0.3, -0.25) is 4.79 Å². The number of rotatable bonds is 2. The van der Waals surface area contributed by atoms with Gasteiger partial charge in [0.05, 0.1) is 5.56 Å². The quantitative estimate of drug-likeness (QED) is 0.768. The van der Waals surface area contributed by atoms with Crippen LogP contribution in [-0.2, 0) is 0 Å². The summed E-state index contributed by atoms with van der Waals surface area (Å²) in [7, 11) is 0. The van der Waals surface area contributed by atoms with Gasteiger partial charge in [0.2, 0.25) is 0 Å². The van der Waals surface area contributed by atoms with E-state index < -0.39 is 0 Å². The van der Waals surface area contributed by atoms with Gasteiger partial charge in [-0.25, -0.2) is 4.98 Å². The summed E-state index contributed by atoms with van der Waals surface area (Å²) in [5.74, 6) is 1.12. The highest BCUT2D eigenvalue weighted by molar-refractivity contribution is 6.18. The van der Waals surface area contributed by atoms with Gasteiger partial charge in [-0.2, -0.15) is 5.26 Å². The lowest BCUT2D eigenvalue weighted by molar-refractivity contribution is 0.0692. The van der Waals surface area contributed by atoms with Crippen molar-refractivity contribution in [2.75, 3.05) is 19.0 Å². The number of likely N-dealkylation sites (tertiary alicyclic amines) is 1. The Morgan fingerprint density at radius 1 is 1.50 bits per heavy atom. The van der Waals surface area contributed by atoms with Crippen LogP contribution in [0, 0.1) is 17.2 Å². The first-order valence-corrected chi connectivity index (χ1v) is 6.49. The highest BCUT2D eigenvalue weighted by atomic mass is 35.5. The summed E-state index contributed by atoms with van der Waals surface area (Å²) in [6, 6.07) is 5.21. The second-order valence-electron chi connectivity index (χ2n) is 4.43. The number of nitrogens with zero attached hydrogens (tertiary/aromatic N) is 3. The molecule has 18 heavy (non-hydrogen) atoms. The third kappa shape index (κ3) is 2.80. The minimum atomic E-state index is -0.0625. The monoisotopic (exact) mass is 263 g/mol. The van der Waals surface area contributed by atoms with Crippen LogP contribution in [0.25, 0.3) is 0 Å². The zero-order valence-corrected chi connectivity index (χ0v) is 10.7. The fourth-order valence-electron chi connectivity index (χ4n) is 2.04. The van der Waals surface area contributed by atoms with Crippen LogP contribution in [0.1, 0.15) is 28.9 Å². The van der Waals surface area contributed by atoms with Crippen LogP contribution in [0.2, 0.25) is 0 Å². The lowest BCUT2D eigenvalue weighted by atomic mass is 9.99. The maximum absolute atomic E-state index is 12.1. The van der Waals surface area contributed by atoms with Gasteiger partial charge < -0.3 is 4.90 Å². The van der Waals surface area contributed by atoms with E-state index in [9.17, 15) is 4.79 Å². The first-order chi connectivity index (χ1) is 8.74. The van der Waals surface area contributed by atoms with Crippen molar-refractivity contribution < 1.29 is 4.79 Å². The molecule has 0 unspecified atom stereocenters. The molecule has 0 saturated carbocycles. The molecule has 4 nitrogen and oxygen atoms in total. The van der Waals surface area contributed by atoms with Crippen molar-refractivity contribution in [2.24, 2.45) is 5.92 Å². The summed E-state index contributed by atoms with van der Waals surface area (Å²) in [5.41, 5.74) is 0.866. The van der Waals surface area contributed by atoms with E-state index in [0.29, 0.717) is 23.1 Å². The molecule has 1 aromatic rings. The molecule has 1 aliphatic rings. The van der Waals surface area contributed by atoms with Crippen molar-refractivity contribution in [3.05, 3.63) is 29.6 Å². The van der Waals surface area contributed by atoms with Gasteiger partial charge in [0, 0.05) is 25.2 Å². The normalized spacial score (nSPS) is 16.3. The van der Waals surface area contributed by atoms with Crippen LogP contribution >= 0.6 is 11.6 Å². The Kier molecular flexibility index (Phi) is 4.16. The van der Waals surface area contributed by atoms with Gasteiger partial charge in [0.1, 0.15) is 11.8 Å². The minimum Gasteiger partial charge on any atom is -0.337 e. The van der Waals surface area contributed by atoms with Gasteiger partial charge in [0.15, 0.2) is 0 Å². The van der Waals surface area contributed by atoms with E-state index in [1.807, 2.05) is 6.07 Å². The number of piperidine rings is 1. The summed E-state index contributed by atoms with van der Waals surface area (Å²) in [4.78, 5) is 18.0. The number of nitriles is 1. The Hall–Kier alpha value is -1.60. The maximum Gasteiger partial charge on any atom is 0.272 e. The second-order valence-corrected chi connectivity index (χ2v) is 4.74. The number of alkyl halides is 1. The smallest absolute Gasteiger partial charge is 0.272 e. The lowest BCUT2D eigenvalue weighted by Crippen LogP contribution is -2.39. The van der Waals surface area contributed by atoms with Crippen LogP contribution in [0.15, 0.2) is 18.3 Å². The first-order valence-electron chi connectivity index (χ1n) is 5.96. The summed E-state index contributed by atoms with van der Waals surface area (Å²) in [6.07, 6.45) is 3.33. The summed E-state index contributed by atoms with van der Waals surface area (Å²) in [5, 5.41) is 8.67. The molecule has 0 aliphatic carbocycles. The average Bonchev–Trinajstić information content (AvgIpc) is 2.47. The third-order valence-electron chi connectivity index (χ3n) is 3.23. The molecule has 0 N–H and O–H groups in total. The van der Waals surface area contributed by atoms with Crippen LogP contribution < -0.4 is 0 Å². The molecule has 94 valence electrons. The number of aromatic nitrogens is 1. The molecule has 1 aromatic heterocycles. The molecule has 1 fully saturated rings. The second kappa shape index (κ2) is 5.83. The molecule has 2 heterocycles. The lowest BCUT2D eigenvalue weighted by Gasteiger charge is -2.30. The summed E-state index contributed by atoms with van der Waals surface area (Å²) >= 11 is 5.81. The molecule has 0 aromatic carbocycles.